The number of methoxy groups -OCH3 is 1. The summed E-state index contributed by atoms with van der Waals surface area (Å²) in [4.78, 5) is 42.4. The topological polar surface area (TPSA) is 94.6 Å². The Morgan fingerprint density at radius 1 is 1.28 bits per heavy atom. The molecule has 0 N–H and O–H groups in total. The third-order valence-corrected chi connectivity index (χ3v) is 5.25. The summed E-state index contributed by atoms with van der Waals surface area (Å²) in [5.41, 5.74) is 2.45. The van der Waals surface area contributed by atoms with Gasteiger partial charge in [-0.15, -0.1) is 0 Å². The molecule has 4 rings (SSSR count). The fourth-order valence-corrected chi connectivity index (χ4v) is 3.79. The highest BCUT2D eigenvalue weighted by Gasteiger charge is 2.27. The summed E-state index contributed by atoms with van der Waals surface area (Å²) in [5.74, 6) is -0.782. The quantitative estimate of drug-likeness (QED) is 0.612. The molecule has 1 atom stereocenters. The minimum atomic E-state index is -0.527. The van der Waals surface area contributed by atoms with Crippen LogP contribution in [0.15, 0.2) is 51.9 Å². The van der Waals surface area contributed by atoms with Crippen molar-refractivity contribution in [1.29, 1.82) is 0 Å². The monoisotopic (exact) mass is 395 g/mol. The molecule has 1 aliphatic heterocycles. The molecule has 1 saturated heterocycles. The number of fused-ring (bicyclic) bond motifs is 1. The van der Waals surface area contributed by atoms with Gasteiger partial charge in [-0.1, -0.05) is 12.1 Å². The molecule has 1 aromatic carbocycles. The van der Waals surface area contributed by atoms with Crippen molar-refractivity contribution in [1.82, 2.24) is 14.5 Å². The fourth-order valence-electron chi connectivity index (χ4n) is 3.79. The summed E-state index contributed by atoms with van der Waals surface area (Å²) < 4.78 is 11.3. The van der Waals surface area contributed by atoms with Gasteiger partial charge >= 0.3 is 11.7 Å². The van der Waals surface area contributed by atoms with Crippen molar-refractivity contribution >= 4 is 23.0 Å². The molecule has 0 spiro atoms. The number of esters is 1. The van der Waals surface area contributed by atoms with E-state index in [4.69, 9.17) is 9.15 Å². The zero-order chi connectivity index (χ0) is 20.4. The first kappa shape index (κ1) is 18.9. The van der Waals surface area contributed by atoms with Crippen LogP contribution in [0.1, 0.15) is 22.3 Å². The normalized spacial score (nSPS) is 16.3. The molecule has 8 nitrogen and oxygen atoms in total. The molecule has 3 aromatic rings. The van der Waals surface area contributed by atoms with Crippen molar-refractivity contribution in [3.05, 3.63) is 64.4 Å². The number of carbonyl (C=O) groups excluding carboxylic acids is 2. The average molecular weight is 395 g/mol. The molecule has 0 aliphatic carbocycles. The largest absolute Gasteiger partial charge is 0.465 e. The fraction of sp³-hybridized carbons (Fsp3) is 0.333. The predicted octanol–water partition coefficient (Wildman–Crippen LogP) is 1.87. The van der Waals surface area contributed by atoms with Gasteiger partial charge in [0.15, 0.2) is 5.58 Å². The number of aromatic nitrogens is 2. The van der Waals surface area contributed by atoms with Crippen molar-refractivity contribution in [3.63, 3.8) is 0 Å². The van der Waals surface area contributed by atoms with Crippen LogP contribution in [0.3, 0.4) is 0 Å². The van der Waals surface area contributed by atoms with Crippen molar-refractivity contribution in [2.24, 2.45) is 5.92 Å². The van der Waals surface area contributed by atoms with E-state index < -0.39 is 11.7 Å². The van der Waals surface area contributed by atoms with E-state index in [0.29, 0.717) is 29.8 Å². The number of likely N-dealkylation sites (tertiary alicyclic amines) is 1. The van der Waals surface area contributed by atoms with E-state index in [1.54, 1.807) is 41.4 Å². The van der Waals surface area contributed by atoms with Gasteiger partial charge < -0.3 is 14.1 Å². The maximum atomic E-state index is 12.7. The van der Waals surface area contributed by atoms with Gasteiger partial charge in [0.05, 0.1) is 18.2 Å². The number of benzene rings is 1. The van der Waals surface area contributed by atoms with Gasteiger partial charge in [-0.25, -0.2) is 9.59 Å². The van der Waals surface area contributed by atoms with Gasteiger partial charge in [-0.2, -0.15) is 0 Å². The van der Waals surface area contributed by atoms with E-state index in [0.717, 1.165) is 18.4 Å². The SMILES string of the molecule is COC(=O)c1cncc(CC2CCN(C(=O)Cn3c(=O)oc4ccccc43)C2)c1. The van der Waals surface area contributed by atoms with Gasteiger partial charge in [0.25, 0.3) is 0 Å². The van der Waals surface area contributed by atoms with E-state index in [9.17, 15) is 14.4 Å². The molecule has 1 amide bonds. The Balaban J connectivity index is 1.41. The summed E-state index contributed by atoms with van der Waals surface area (Å²) in [7, 11) is 1.34. The predicted molar refractivity (Wildman–Crippen MR) is 104 cm³/mol. The number of carbonyl (C=O) groups is 2. The molecule has 1 fully saturated rings. The lowest BCUT2D eigenvalue weighted by atomic mass is 9.99. The van der Waals surface area contributed by atoms with Crippen LogP contribution in [-0.4, -0.2) is 46.5 Å². The number of rotatable bonds is 5. The molecule has 0 radical (unpaired) electrons. The van der Waals surface area contributed by atoms with Gasteiger partial charge in [0.2, 0.25) is 5.91 Å². The Bertz CT molecular complexity index is 1120. The van der Waals surface area contributed by atoms with Crippen LogP contribution in [0.5, 0.6) is 0 Å². The van der Waals surface area contributed by atoms with Crippen molar-refractivity contribution in [2.75, 3.05) is 20.2 Å². The maximum absolute atomic E-state index is 12.7. The second kappa shape index (κ2) is 7.90. The zero-order valence-electron chi connectivity index (χ0n) is 16.0. The van der Waals surface area contributed by atoms with E-state index in [1.165, 1.54) is 17.9 Å². The zero-order valence-corrected chi connectivity index (χ0v) is 16.0. The van der Waals surface area contributed by atoms with Crippen LogP contribution in [-0.2, 0) is 22.5 Å². The number of nitrogens with zero attached hydrogens (tertiary/aromatic N) is 3. The molecule has 29 heavy (non-hydrogen) atoms. The Morgan fingerprint density at radius 2 is 2.10 bits per heavy atom. The first-order valence-corrected chi connectivity index (χ1v) is 9.43. The van der Waals surface area contributed by atoms with Crippen LogP contribution in [0.25, 0.3) is 11.1 Å². The maximum Gasteiger partial charge on any atom is 0.420 e. The van der Waals surface area contributed by atoms with E-state index >= 15 is 0 Å². The molecule has 1 unspecified atom stereocenters. The first-order valence-electron chi connectivity index (χ1n) is 9.43. The van der Waals surface area contributed by atoms with E-state index in [2.05, 4.69) is 4.98 Å². The van der Waals surface area contributed by atoms with Crippen LogP contribution in [0.2, 0.25) is 0 Å². The Morgan fingerprint density at radius 3 is 2.93 bits per heavy atom. The third kappa shape index (κ3) is 3.91. The molecule has 2 aromatic heterocycles. The van der Waals surface area contributed by atoms with Gasteiger partial charge in [0.1, 0.15) is 6.54 Å². The highest BCUT2D eigenvalue weighted by atomic mass is 16.5. The van der Waals surface area contributed by atoms with Crippen LogP contribution in [0.4, 0.5) is 0 Å². The number of para-hydroxylation sites is 2. The number of amides is 1. The number of ether oxygens (including phenoxy) is 1. The highest BCUT2D eigenvalue weighted by Crippen LogP contribution is 2.22. The number of hydrogen-bond donors (Lipinski definition) is 0. The first-order chi connectivity index (χ1) is 14.0. The number of oxazole rings is 1. The van der Waals surface area contributed by atoms with Crippen molar-refractivity contribution in [3.8, 4) is 0 Å². The standard InChI is InChI=1S/C21H21N3O5/c1-28-20(26)16-9-15(10-22-11-16)8-14-6-7-23(12-14)19(25)13-24-17-4-2-3-5-18(17)29-21(24)27/h2-5,9-11,14H,6-8,12-13H2,1H3. The molecule has 150 valence electrons. The van der Waals surface area contributed by atoms with Crippen LogP contribution < -0.4 is 5.76 Å². The van der Waals surface area contributed by atoms with Gasteiger partial charge in [-0.3, -0.25) is 14.3 Å². The highest BCUT2D eigenvalue weighted by molar-refractivity contribution is 5.89. The van der Waals surface area contributed by atoms with Crippen molar-refractivity contribution < 1.29 is 18.7 Å². The van der Waals surface area contributed by atoms with Gasteiger partial charge in [-0.05, 0) is 42.5 Å². The molecular weight excluding hydrogens is 374 g/mol. The van der Waals surface area contributed by atoms with Crippen LogP contribution in [0, 0.1) is 5.92 Å². The van der Waals surface area contributed by atoms with Gasteiger partial charge in [0, 0.05) is 25.5 Å². The molecule has 1 aliphatic rings. The minimum absolute atomic E-state index is 0.0397. The molecule has 0 bridgehead atoms. The van der Waals surface area contributed by atoms with Crippen LogP contribution >= 0.6 is 0 Å². The number of hydrogen-bond acceptors (Lipinski definition) is 6. The Kier molecular flexibility index (Phi) is 5.16. The summed E-state index contributed by atoms with van der Waals surface area (Å²) in [6.07, 6.45) is 4.78. The average Bonchev–Trinajstić information content (AvgIpc) is 3.32. The lowest BCUT2D eigenvalue weighted by Crippen LogP contribution is -2.34. The molecule has 3 heterocycles. The molecule has 0 saturated carbocycles. The Hall–Kier alpha value is -3.42. The lowest BCUT2D eigenvalue weighted by Gasteiger charge is -2.17. The Labute approximate surface area is 166 Å². The summed E-state index contributed by atoms with van der Waals surface area (Å²) in [6, 6.07) is 8.84. The second-order valence-electron chi connectivity index (χ2n) is 7.19. The van der Waals surface area contributed by atoms with E-state index in [1.807, 2.05) is 0 Å². The molecular formula is C21H21N3O5. The summed E-state index contributed by atoms with van der Waals surface area (Å²) in [6.45, 7) is 1.20. The molecule has 8 heteroatoms. The summed E-state index contributed by atoms with van der Waals surface area (Å²) in [5, 5.41) is 0. The van der Waals surface area contributed by atoms with E-state index in [-0.39, 0.29) is 18.4 Å². The summed E-state index contributed by atoms with van der Waals surface area (Å²) >= 11 is 0. The lowest BCUT2D eigenvalue weighted by molar-refractivity contribution is -0.130. The number of pyridine rings is 1. The minimum Gasteiger partial charge on any atom is -0.465 e. The van der Waals surface area contributed by atoms with Crippen molar-refractivity contribution in [2.45, 2.75) is 19.4 Å². The second-order valence-corrected chi connectivity index (χ2v) is 7.19. The smallest absolute Gasteiger partial charge is 0.420 e. The third-order valence-electron chi connectivity index (χ3n) is 5.25.